The normalized spacial score (nSPS) is 47.7. The number of aliphatic hydroxyl groups excluding tert-OH is 3. The van der Waals surface area contributed by atoms with Crippen LogP contribution in [0.2, 0.25) is 0 Å². The molecule has 13 heteroatoms. The third-order valence-electron chi connectivity index (χ3n) is 6.83. The monoisotopic (exact) mass is 491 g/mol. The van der Waals surface area contributed by atoms with Crippen molar-refractivity contribution in [1.82, 2.24) is 10.6 Å². The maximum Gasteiger partial charge on any atom is 0.215 e. The minimum Gasteiger partial charge on any atom is -0.467 e. The van der Waals surface area contributed by atoms with E-state index in [1.165, 1.54) is 14.0 Å². The van der Waals surface area contributed by atoms with E-state index in [9.17, 15) is 20.4 Å². The van der Waals surface area contributed by atoms with Gasteiger partial charge in [0, 0.05) is 12.1 Å². The van der Waals surface area contributed by atoms with Crippen LogP contribution < -0.4 is 27.8 Å². The molecule has 13 nitrogen and oxygen atoms in total. The lowest BCUT2D eigenvalue weighted by atomic mass is 9.83. The first-order valence-electron chi connectivity index (χ1n) is 11.8. The molecule has 12 atom stereocenters. The predicted octanol–water partition coefficient (Wildman–Crippen LogP) is -3.88. The van der Waals surface area contributed by atoms with Crippen molar-refractivity contribution in [2.24, 2.45) is 17.2 Å². The summed E-state index contributed by atoms with van der Waals surface area (Å²) in [7, 11) is 1.54. The standard InChI is InChI=1S/C21H41N5O8/c1-4-26-12-7-11(24)15(32-18-10(23)6-5-9(8-22)31-18)13(27)16(12)33-19-14(28)17(25-3)21(2,30)20(29)34-19/h5,10-20,25-30H,4,6-8,22-24H2,1-3H3/t10-,11+,12-,13+,14-,15-,16+,17-,18-,19+,20?,21-/m1/s1. The Kier molecular flexibility index (Phi) is 9.28. The minimum absolute atomic E-state index is 0.190. The lowest BCUT2D eigenvalue weighted by Gasteiger charge is -2.50. The van der Waals surface area contributed by atoms with Crippen molar-refractivity contribution in [1.29, 1.82) is 0 Å². The molecule has 2 aliphatic heterocycles. The summed E-state index contributed by atoms with van der Waals surface area (Å²) in [6.45, 7) is 4.00. The number of hydrogen-bond donors (Lipinski definition) is 9. The molecule has 0 bridgehead atoms. The van der Waals surface area contributed by atoms with Crippen LogP contribution in [-0.2, 0) is 18.9 Å². The van der Waals surface area contributed by atoms with Crippen LogP contribution in [0.3, 0.4) is 0 Å². The van der Waals surface area contributed by atoms with Crippen LogP contribution in [0.25, 0.3) is 0 Å². The molecule has 3 aliphatic rings. The first-order valence-corrected chi connectivity index (χ1v) is 11.8. The molecule has 1 saturated carbocycles. The van der Waals surface area contributed by atoms with Gasteiger partial charge in [0.25, 0.3) is 0 Å². The molecule has 0 spiro atoms. The summed E-state index contributed by atoms with van der Waals surface area (Å²) in [5.41, 5.74) is 16.4. The van der Waals surface area contributed by atoms with Gasteiger partial charge in [-0.2, -0.15) is 0 Å². The van der Waals surface area contributed by atoms with E-state index in [1.54, 1.807) is 6.08 Å². The number of nitrogens with two attached hydrogens (primary N) is 3. The smallest absolute Gasteiger partial charge is 0.215 e. The van der Waals surface area contributed by atoms with Crippen molar-refractivity contribution in [3.05, 3.63) is 11.8 Å². The first kappa shape index (κ1) is 27.6. The van der Waals surface area contributed by atoms with Crippen LogP contribution in [0.1, 0.15) is 26.7 Å². The maximum atomic E-state index is 11.3. The number of ether oxygens (including phenoxy) is 4. The molecule has 0 aromatic rings. The molecule has 0 aromatic carbocycles. The summed E-state index contributed by atoms with van der Waals surface area (Å²) in [6.07, 6.45) is -5.59. The second-order valence-electron chi connectivity index (χ2n) is 9.36. The molecule has 2 heterocycles. The predicted molar refractivity (Wildman–Crippen MR) is 121 cm³/mol. The fourth-order valence-electron chi connectivity index (χ4n) is 4.87. The first-order chi connectivity index (χ1) is 16.0. The van der Waals surface area contributed by atoms with Gasteiger partial charge in [-0.3, -0.25) is 0 Å². The number of likely N-dealkylation sites (N-methyl/N-ethyl adjacent to an activating group) is 2. The summed E-state index contributed by atoms with van der Waals surface area (Å²) in [5.74, 6) is 0.543. The van der Waals surface area contributed by atoms with Crippen LogP contribution in [0.15, 0.2) is 11.8 Å². The van der Waals surface area contributed by atoms with Crippen LogP contribution in [0, 0.1) is 0 Å². The Bertz CT molecular complexity index is 700. The molecule has 0 amide bonds. The van der Waals surface area contributed by atoms with Gasteiger partial charge in [0.1, 0.15) is 35.8 Å². The average molecular weight is 492 g/mol. The van der Waals surface area contributed by atoms with Gasteiger partial charge in [-0.05, 0) is 39.4 Å². The van der Waals surface area contributed by atoms with E-state index in [2.05, 4.69) is 10.6 Å². The summed E-state index contributed by atoms with van der Waals surface area (Å²) in [6, 6.07) is -2.41. The largest absolute Gasteiger partial charge is 0.467 e. The highest BCUT2D eigenvalue weighted by molar-refractivity contribution is 5.05. The van der Waals surface area contributed by atoms with E-state index in [-0.39, 0.29) is 6.54 Å². The molecule has 12 N–H and O–H groups in total. The summed E-state index contributed by atoms with van der Waals surface area (Å²) >= 11 is 0. The van der Waals surface area contributed by atoms with E-state index >= 15 is 0 Å². The molecule has 0 aromatic heterocycles. The third kappa shape index (κ3) is 5.56. The second kappa shape index (κ2) is 11.4. The quantitative estimate of drug-likeness (QED) is 0.159. The maximum absolute atomic E-state index is 11.3. The molecule has 2 fully saturated rings. The van der Waals surface area contributed by atoms with Crippen molar-refractivity contribution in [2.75, 3.05) is 20.1 Å². The fourth-order valence-corrected chi connectivity index (χ4v) is 4.87. The van der Waals surface area contributed by atoms with Gasteiger partial charge in [0.05, 0.1) is 18.6 Å². The number of aliphatic hydroxyl groups is 4. The summed E-state index contributed by atoms with van der Waals surface area (Å²) in [5, 5.41) is 48.9. The van der Waals surface area contributed by atoms with Crippen molar-refractivity contribution >= 4 is 0 Å². The highest BCUT2D eigenvalue weighted by atomic mass is 16.8. The van der Waals surface area contributed by atoms with Gasteiger partial charge < -0.3 is 67.2 Å². The Labute approximate surface area is 199 Å². The zero-order valence-electron chi connectivity index (χ0n) is 19.9. The lowest BCUT2D eigenvalue weighted by Crippen LogP contribution is -2.71. The average Bonchev–Trinajstić information content (AvgIpc) is 2.78. The molecular weight excluding hydrogens is 450 g/mol. The molecule has 34 heavy (non-hydrogen) atoms. The topological polar surface area (TPSA) is 220 Å². The van der Waals surface area contributed by atoms with E-state index < -0.39 is 73.1 Å². The third-order valence-corrected chi connectivity index (χ3v) is 6.83. The van der Waals surface area contributed by atoms with Crippen LogP contribution >= 0.6 is 0 Å². The molecule has 1 unspecified atom stereocenters. The highest BCUT2D eigenvalue weighted by Crippen LogP contribution is 2.33. The van der Waals surface area contributed by atoms with Crippen molar-refractivity contribution in [3.63, 3.8) is 0 Å². The van der Waals surface area contributed by atoms with Gasteiger partial charge in [-0.25, -0.2) is 0 Å². The van der Waals surface area contributed by atoms with E-state index in [4.69, 9.17) is 36.1 Å². The molecular formula is C21H41N5O8. The van der Waals surface area contributed by atoms with Gasteiger partial charge in [-0.1, -0.05) is 6.92 Å². The lowest BCUT2D eigenvalue weighted by molar-refractivity contribution is -0.364. The second-order valence-corrected chi connectivity index (χ2v) is 9.36. The minimum atomic E-state index is -1.77. The summed E-state index contributed by atoms with van der Waals surface area (Å²) in [4.78, 5) is 0. The Balaban J connectivity index is 1.78. The number of hydrogen-bond acceptors (Lipinski definition) is 13. The summed E-state index contributed by atoms with van der Waals surface area (Å²) < 4.78 is 23.2. The van der Waals surface area contributed by atoms with E-state index in [1.807, 2.05) is 6.92 Å². The Hall–Kier alpha value is -0.940. The highest BCUT2D eigenvalue weighted by Gasteiger charge is 2.54. The van der Waals surface area contributed by atoms with Crippen molar-refractivity contribution in [2.45, 2.75) is 99.7 Å². The van der Waals surface area contributed by atoms with Gasteiger partial charge >= 0.3 is 0 Å². The fraction of sp³-hybridized carbons (Fsp3) is 0.905. The molecule has 1 saturated heterocycles. The molecule has 198 valence electrons. The zero-order valence-corrected chi connectivity index (χ0v) is 19.9. The Morgan fingerprint density at radius 2 is 1.79 bits per heavy atom. The van der Waals surface area contributed by atoms with Crippen LogP contribution in [0.5, 0.6) is 0 Å². The SMILES string of the molecule is CCN[C@@H]1C[C@H](N)[C@@H](O[C@H]2OC(CN)=CC[C@H]2N)[C@H](O)[C@H]1O[C@H]1OC(O)[C@](C)(O)[C@H](NC)[C@H]1O. The van der Waals surface area contributed by atoms with Gasteiger partial charge in [-0.15, -0.1) is 0 Å². The van der Waals surface area contributed by atoms with Crippen LogP contribution in [-0.4, -0.2) is 114 Å². The van der Waals surface area contributed by atoms with E-state index in [0.717, 1.165) is 0 Å². The van der Waals surface area contributed by atoms with Crippen molar-refractivity contribution < 1.29 is 39.4 Å². The molecule has 3 rings (SSSR count). The number of rotatable bonds is 8. The van der Waals surface area contributed by atoms with Gasteiger partial charge in [0.2, 0.25) is 6.29 Å². The number of nitrogens with one attached hydrogen (secondary N) is 2. The Morgan fingerprint density at radius 3 is 2.41 bits per heavy atom. The van der Waals surface area contributed by atoms with Gasteiger partial charge in [0.15, 0.2) is 12.6 Å². The van der Waals surface area contributed by atoms with Crippen LogP contribution in [0.4, 0.5) is 0 Å². The van der Waals surface area contributed by atoms with E-state index in [0.29, 0.717) is 25.1 Å². The Morgan fingerprint density at radius 1 is 1.12 bits per heavy atom. The molecule has 0 radical (unpaired) electrons. The molecule has 1 aliphatic carbocycles. The van der Waals surface area contributed by atoms with Crippen molar-refractivity contribution in [3.8, 4) is 0 Å². The zero-order chi connectivity index (χ0) is 25.2.